The molecule has 4 nitrogen and oxygen atoms in total. The van der Waals surface area contributed by atoms with Crippen molar-refractivity contribution in [2.75, 3.05) is 30.3 Å². The van der Waals surface area contributed by atoms with E-state index in [0.717, 1.165) is 36.5 Å². The van der Waals surface area contributed by atoms with E-state index in [0.29, 0.717) is 18.7 Å². The van der Waals surface area contributed by atoms with E-state index < -0.39 is 0 Å². The number of thioether (sulfide) groups is 1. The predicted octanol–water partition coefficient (Wildman–Crippen LogP) is 3.16. The first-order chi connectivity index (χ1) is 10.7. The van der Waals surface area contributed by atoms with E-state index in [4.69, 9.17) is 0 Å². The Morgan fingerprint density at radius 1 is 1.23 bits per heavy atom. The fraction of sp³-hybridized carbons (Fsp3) is 0.529. The number of benzene rings is 1. The Morgan fingerprint density at radius 3 is 2.59 bits per heavy atom. The van der Waals surface area contributed by atoms with Gasteiger partial charge >= 0.3 is 0 Å². The molecular formula is C17H24N2O2S. The summed E-state index contributed by atoms with van der Waals surface area (Å²) in [5.74, 6) is 0.694. The molecule has 1 aliphatic rings. The van der Waals surface area contributed by atoms with E-state index in [2.05, 4.69) is 13.8 Å². The highest BCUT2D eigenvalue weighted by atomic mass is 32.2. The Bertz CT molecular complexity index is 527. The molecule has 0 fully saturated rings. The highest BCUT2D eigenvalue weighted by Crippen LogP contribution is 2.34. The number of anilines is 1. The lowest BCUT2D eigenvalue weighted by atomic mass is 10.2. The van der Waals surface area contributed by atoms with Crippen LogP contribution in [0.15, 0.2) is 29.2 Å². The fourth-order valence-electron chi connectivity index (χ4n) is 2.67. The highest BCUT2D eigenvalue weighted by Gasteiger charge is 2.25. The second-order valence-electron chi connectivity index (χ2n) is 5.43. The van der Waals surface area contributed by atoms with Gasteiger partial charge in [0.2, 0.25) is 11.8 Å². The molecule has 0 saturated carbocycles. The minimum atomic E-state index is 0.0917. The van der Waals surface area contributed by atoms with Crippen LogP contribution in [0.25, 0.3) is 0 Å². The number of hydrogen-bond donors (Lipinski definition) is 0. The Balaban J connectivity index is 2.01. The summed E-state index contributed by atoms with van der Waals surface area (Å²) in [5, 5.41) is 0. The highest BCUT2D eigenvalue weighted by molar-refractivity contribution is 8.00. The molecule has 1 heterocycles. The zero-order valence-corrected chi connectivity index (χ0v) is 14.2. The van der Waals surface area contributed by atoms with E-state index in [-0.39, 0.29) is 11.8 Å². The molecule has 1 aromatic rings. The van der Waals surface area contributed by atoms with Gasteiger partial charge in [-0.3, -0.25) is 9.59 Å². The van der Waals surface area contributed by atoms with Crippen molar-refractivity contribution in [1.82, 2.24) is 4.90 Å². The zero-order valence-electron chi connectivity index (χ0n) is 13.4. The molecule has 0 spiro atoms. The van der Waals surface area contributed by atoms with Crippen molar-refractivity contribution in [2.24, 2.45) is 0 Å². The second kappa shape index (κ2) is 8.22. The molecule has 1 aliphatic heterocycles. The van der Waals surface area contributed by atoms with Crippen molar-refractivity contribution in [3.05, 3.63) is 24.3 Å². The Hall–Kier alpha value is -1.49. The molecule has 120 valence electrons. The molecule has 0 unspecified atom stereocenters. The number of carbonyl (C=O) groups is 2. The van der Waals surface area contributed by atoms with Crippen LogP contribution in [0.4, 0.5) is 5.69 Å². The molecule has 0 saturated heterocycles. The van der Waals surface area contributed by atoms with Crippen molar-refractivity contribution in [1.29, 1.82) is 0 Å². The maximum atomic E-state index is 12.4. The maximum absolute atomic E-state index is 12.4. The van der Waals surface area contributed by atoms with E-state index in [1.807, 2.05) is 29.2 Å². The number of para-hydroxylation sites is 1. The predicted molar refractivity (Wildman–Crippen MR) is 91.3 cm³/mol. The average Bonchev–Trinajstić information content (AvgIpc) is 2.53. The van der Waals surface area contributed by atoms with Gasteiger partial charge in [0.05, 0.1) is 11.4 Å². The van der Waals surface area contributed by atoms with Gasteiger partial charge < -0.3 is 9.80 Å². The summed E-state index contributed by atoms with van der Waals surface area (Å²) in [7, 11) is 0. The Morgan fingerprint density at radius 2 is 1.91 bits per heavy atom. The lowest BCUT2D eigenvalue weighted by Crippen LogP contribution is -2.40. The van der Waals surface area contributed by atoms with Crippen LogP contribution in [0.3, 0.4) is 0 Å². The maximum Gasteiger partial charge on any atom is 0.237 e. The van der Waals surface area contributed by atoms with Crippen LogP contribution in [0.1, 0.15) is 33.1 Å². The summed E-state index contributed by atoms with van der Waals surface area (Å²) in [5.41, 5.74) is 0.939. The molecule has 1 aromatic carbocycles. The van der Waals surface area contributed by atoms with Crippen LogP contribution >= 0.6 is 11.8 Å². The summed E-state index contributed by atoms with van der Waals surface area (Å²) >= 11 is 1.57. The minimum Gasteiger partial charge on any atom is -0.343 e. The van der Waals surface area contributed by atoms with Crippen molar-refractivity contribution in [3.8, 4) is 0 Å². The van der Waals surface area contributed by atoms with Gasteiger partial charge in [0, 0.05) is 31.0 Å². The summed E-state index contributed by atoms with van der Waals surface area (Å²) in [4.78, 5) is 29.3. The molecule has 0 aliphatic carbocycles. The van der Waals surface area contributed by atoms with E-state index in [9.17, 15) is 9.59 Å². The number of nitrogens with zero attached hydrogens (tertiary/aromatic N) is 2. The normalized spacial score (nSPS) is 13.9. The van der Waals surface area contributed by atoms with Gasteiger partial charge in [-0.25, -0.2) is 0 Å². The third-order valence-corrected chi connectivity index (χ3v) is 4.74. The van der Waals surface area contributed by atoms with Gasteiger partial charge in [-0.1, -0.05) is 26.0 Å². The zero-order chi connectivity index (χ0) is 15.9. The second-order valence-corrected chi connectivity index (χ2v) is 6.45. The fourth-order valence-corrected chi connectivity index (χ4v) is 3.60. The quantitative estimate of drug-likeness (QED) is 0.775. The van der Waals surface area contributed by atoms with Crippen LogP contribution < -0.4 is 4.90 Å². The SMILES string of the molecule is CCCN(CCC)C(=O)CCN1C(=O)CSc2ccccc21. The lowest BCUT2D eigenvalue weighted by molar-refractivity contribution is -0.131. The first kappa shape index (κ1) is 16.9. The van der Waals surface area contributed by atoms with Gasteiger partial charge in [-0.15, -0.1) is 11.8 Å². The number of rotatable bonds is 7. The summed E-state index contributed by atoms with van der Waals surface area (Å²) in [6.07, 6.45) is 2.33. The molecule has 0 bridgehead atoms. The summed E-state index contributed by atoms with van der Waals surface area (Å²) in [6.45, 7) is 6.23. The summed E-state index contributed by atoms with van der Waals surface area (Å²) < 4.78 is 0. The number of fused-ring (bicyclic) bond motifs is 1. The molecule has 22 heavy (non-hydrogen) atoms. The van der Waals surface area contributed by atoms with Crippen molar-refractivity contribution in [2.45, 2.75) is 38.0 Å². The standard InChI is InChI=1S/C17H24N2O2S/c1-3-10-18(11-4-2)16(20)9-12-19-14-7-5-6-8-15(14)22-13-17(19)21/h5-8H,3-4,9-13H2,1-2H3. The van der Waals surface area contributed by atoms with Crippen molar-refractivity contribution >= 4 is 29.3 Å². The third-order valence-electron chi connectivity index (χ3n) is 3.70. The Labute approximate surface area is 136 Å². The van der Waals surface area contributed by atoms with Gasteiger partial charge in [0.25, 0.3) is 0 Å². The summed E-state index contributed by atoms with van der Waals surface area (Å²) in [6, 6.07) is 7.91. The van der Waals surface area contributed by atoms with Crippen LogP contribution in [-0.4, -0.2) is 42.1 Å². The Kier molecular flexibility index (Phi) is 6.31. The van der Waals surface area contributed by atoms with E-state index in [1.165, 1.54) is 0 Å². The molecule has 2 amide bonds. The molecular weight excluding hydrogens is 296 g/mol. The smallest absolute Gasteiger partial charge is 0.237 e. The van der Waals surface area contributed by atoms with Crippen LogP contribution in [0, 0.1) is 0 Å². The molecule has 2 rings (SSSR count). The van der Waals surface area contributed by atoms with Gasteiger partial charge in [0.1, 0.15) is 0 Å². The van der Waals surface area contributed by atoms with E-state index >= 15 is 0 Å². The average molecular weight is 320 g/mol. The molecule has 0 radical (unpaired) electrons. The first-order valence-corrected chi connectivity index (χ1v) is 8.95. The first-order valence-electron chi connectivity index (χ1n) is 7.97. The topological polar surface area (TPSA) is 40.6 Å². The molecule has 0 aromatic heterocycles. The largest absolute Gasteiger partial charge is 0.343 e. The minimum absolute atomic E-state index is 0.0917. The molecule has 0 N–H and O–H groups in total. The van der Waals surface area contributed by atoms with Crippen LogP contribution in [0.5, 0.6) is 0 Å². The monoisotopic (exact) mass is 320 g/mol. The van der Waals surface area contributed by atoms with E-state index in [1.54, 1.807) is 16.7 Å². The molecule has 5 heteroatoms. The van der Waals surface area contributed by atoms with Crippen molar-refractivity contribution < 1.29 is 9.59 Å². The van der Waals surface area contributed by atoms with Gasteiger partial charge in [-0.2, -0.15) is 0 Å². The van der Waals surface area contributed by atoms with Gasteiger partial charge in [0.15, 0.2) is 0 Å². The van der Waals surface area contributed by atoms with Crippen LogP contribution in [-0.2, 0) is 9.59 Å². The lowest BCUT2D eigenvalue weighted by Gasteiger charge is -2.29. The number of amides is 2. The third kappa shape index (κ3) is 4.03. The van der Waals surface area contributed by atoms with Crippen molar-refractivity contribution in [3.63, 3.8) is 0 Å². The number of carbonyl (C=O) groups excluding carboxylic acids is 2. The molecule has 0 atom stereocenters. The van der Waals surface area contributed by atoms with Gasteiger partial charge in [-0.05, 0) is 25.0 Å². The van der Waals surface area contributed by atoms with Crippen LogP contribution in [0.2, 0.25) is 0 Å². The number of hydrogen-bond acceptors (Lipinski definition) is 3.